The maximum atomic E-state index is 12.2. The van der Waals surface area contributed by atoms with E-state index in [-0.39, 0.29) is 5.91 Å². The van der Waals surface area contributed by atoms with E-state index in [1.54, 1.807) is 0 Å². The zero-order chi connectivity index (χ0) is 16.6. The molecule has 2 aromatic carbocycles. The molecule has 0 atom stereocenters. The Morgan fingerprint density at radius 3 is 2.52 bits per heavy atom. The molecular formula is C19H20N2O2. The zero-order valence-corrected chi connectivity index (χ0v) is 13.8. The van der Waals surface area contributed by atoms with Crippen molar-refractivity contribution in [2.75, 3.05) is 5.32 Å². The van der Waals surface area contributed by atoms with Crippen LogP contribution in [0.3, 0.4) is 0 Å². The first-order chi connectivity index (χ1) is 10.9. The van der Waals surface area contributed by atoms with Crippen LogP contribution in [-0.2, 0) is 4.79 Å². The number of amides is 1. The fraction of sp³-hybridized carbons (Fsp3) is 0.263. The summed E-state index contributed by atoms with van der Waals surface area (Å²) in [7, 11) is 0. The van der Waals surface area contributed by atoms with E-state index in [1.165, 1.54) is 0 Å². The Labute approximate surface area is 135 Å². The van der Waals surface area contributed by atoms with E-state index in [1.807, 2.05) is 70.2 Å². The van der Waals surface area contributed by atoms with Crippen LogP contribution in [0.25, 0.3) is 22.6 Å². The largest absolute Gasteiger partial charge is 0.436 e. The fourth-order valence-corrected chi connectivity index (χ4v) is 2.30. The van der Waals surface area contributed by atoms with E-state index < -0.39 is 5.41 Å². The van der Waals surface area contributed by atoms with Crippen molar-refractivity contribution in [3.63, 3.8) is 0 Å². The van der Waals surface area contributed by atoms with Crippen molar-refractivity contribution in [3.8, 4) is 11.5 Å². The number of nitrogens with one attached hydrogen (secondary N) is 1. The average Bonchev–Trinajstić information content (AvgIpc) is 2.92. The van der Waals surface area contributed by atoms with Gasteiger partial charge < -0.3 is 9.73 Å². The van der Waals surface area contributed by atoms with Crippen molar-refractivity contribution in [2.24, 2.45) is 5.41 Å². The fourth-order valence-electron chi connectivity index (χ4n) is 2.30. The second-order valence-corrected chi connectivity index (χ2v) is 6.67. The van der Waals surface area contributed by atoms with Gasteiger partial charge in [0, 0.05) is 16.7 Å². The van der Waals surface area contributed by atoms with Gasteiger partial charge in [0.05, 0.1) is 0 Å². The van der Waals surface area contributed by atoms with Crippen molar-refractivity contribution in [3.05, 3.63) is 48.0 Å². The summed E-state index contributed by atoms with van der Waals surface area (Å²) in [6, 6.07) is 13.4. The summed E-state index contributed by atoms with van der Waals surface area (Å²) in [5.74, 6) is 0.547. The molecule has 3 aromatic rings. The molecule has 118 valence electrons. The normalized spacial score (nSPS) is 11.7. The molecule has 1 N–H and O–H groups in total. The lowest BCUT2D eigenvalue weighted by Gasteiger charge is -2.19. The number of para-hydroxylation sites is 2. The number of oxazole rings is 1. The predicted octanol–water partition coefficient (Wildman–Crippen LogP) is 4.79. The van der Waals surface area contributed by atoms with Gasteiger partial charge in [0.15, 0.2) is 5.58 Å². The summed E-state index contributed by atoms with van der Waals surface area (Å²) in [4.78, 5) is 16.8. The smallest absolute Gasteiger partial charge is 0.229 e. The molecule has 0 unspecified atom stereocenters. The van der Waals surface area contributed by atoms with E-state index in [2.05, 4.69) is 10.3 Å². The minimum Gasteiger partial charge on any atom is -0.436 e. The van der Waals surface area contributed by atoms with Gasteiger partial charge in [-0.2, -0.15) is 0 Å². The number of carbonyl (C=O) groups excluding carboxylic acids is 1. The highest BCUT2D eigenvalue weighted by Crippen LogP contribution is 2.31. The number of benzene rings is 2. The lowest BCUT2D eigenvalue weighted by atomic mass is 9.95. The van der Waals surface area contributed by atoms with E-state index in [9.17, 15) is 4.79 Å². The van der Waals surface area contributed by atoms with E-state index in [0.717, 1.165) is 27.9 Å². The minimum atomic E-state index is -0.444. The lowest BCUT2D eigenvalue weighted by Crippen LogP contribution is -2.27. The average molecular weight is 308 g/mol. The highest BCUT2D eigenvalue weighted by atomic mass is 16.3. The highest BCUT2D eigenvalue weighted by molar-refractivity contribution is 5.96. The van der Waals surface area contributed by atoms with Crippen LogP contribution in [0.4, 0.5) is 5.69 Å². The van der Waals surface area contributed by atoms with Crippen molar-refractivity contribution in [1.82, 2.24) is 4.98 Å². The second-order valence-electron chi connectivity index (χ2n) is 6.67. The van der Waals surface area contributed by atoms with Crippen LogP contribution in [0.1, 0.15) is 26.3 Å². The number of rotatable bonds is 2. The Morgan fingerprint density at radius 2 is 1.83 bits per heavy atom. The van der Waals surface area contributed by atoms with Gasteiger partial charge in [0.1, 0.15) is 5.52 Å². The maximum absolute atomic E-state index is 12.2. The molecule has 1 aromatic heterocycles. The number of hydrogen-bond donors (Lipinski definition) is 1. The molecule has 3 rings (SSSR count). The standard InChI is InChI=1S/C19H20N2O2/c1-12-13(17-20-15-9-5-6-11-16(15)23-17)8-7-10-14(12)21-18(22)19(2,3)4/h5-11H,1-4H3,(H,21,22). The molecule has 4 nitrogen and oxygen atoms in total. The van der Waals surface area contributed by atoms with E-state index >= 15 is 0 Å². The van der Waals surface area contributed by atoms with Gasteiger partial charge in [-0.3, -0.25) is 4.79 Å². The number of aromatic nitrogens is 1. The SMILES string of the molecule is Cc1c(NC(=O)C(C)(C)C)cccc1-c1nc2ccccc2o1. The molecule has 0 aliphatic rings. The molecule has 4 heteroatoms. The molecule has 0 spiro atoms. The molecule has 1 heterocycles. The van der Waals surface area contributed by atoms with Crippen LogP contribution < -0.4 is 5.32 Å². The Kier molecular flexibility index (Phi) is 3.68. The number of carbonyl (C=O) groups is 1. The molecule has 0 fully saturated rings. The molecule has 23 heavy (non-hydrogen) atoms. The predicted molar refractivity (Wildman–Crippen MR) is 92.3 cm³/mol. The van der Waals surface area contributed by atoms with Crippen molar-refractivity contribution >= 4 is 22.7 Å². The monoisotopic (exact) mass is 308 g/mol. The Bertz CT molecular complexity index is 839. The van der Waals surface area contributed by atoms with Gasteiger partial charge in [-0.15, -0.1) is 0 Å². The summed E-state index contributed by atoms with van der Waals surface area (Å²) in [5.41, 5.74) is 3.74. The summed E-state index contributed by atoms with van der Waals surface area (Å²) in [5, 5.41) is 2.99. The molecule has 0 aliphatic carbocycles. The van der Waals surface area contributed by atoms with Crippen molar-refractivity contribution in [2.45, 2.75) is 27.7 Å². The molecular weight excluding hydrogens is 288 g/mol. The van der Waals surface area contributed by atoms with Gasteiger partial charge in [0.2, 0.25) is 11.8 Å². The van der Waals surface area contributed by atoms with Gasteiger partial charge in [-0.1, -0.05) is 39.0 Å². The third-order valence-electron chi connectivity index (χ3n) is 3.79. The van der Waals surface area contributed by atoms with Crippen LogP contribution >= 0.6 is 0 Å². The van der Waals surface area contributed by atoms with E-state index in [4.69, 9.17) is 4.42 Å². The van der Waals surface area contributed by atoms with Gasteiger partial charge in [-0.05, 0) is 36.8 Å². The summed E-state index contributed by atoms with van der Waals surface area (Å²) >= 11 is 0. The third kappa shape index (κ3) is 2.97. The van der Waals surface area contributed by atoms with E-state index in [0.29, 0.717) is 5.89 Å². The van der Waals surface area contributed by atoms with Gasteiger partial charge in [-0.25, -0.2) is 4.98 Å². The number of fused-ring (bicyclic) bond motifs is 1. The first kappa shape index (κ1) is 15.3. The Hall–Kier alpha value is -2.62. The first-order valence-electron chi connectivity index (χ1n) is 7.63. The van der Waals surface area contributed by atoms with Crippen molar-refractivity contribution in [1.29, 1.82) is 0 Å². The van der Waals surface area contributed by atoms with Crippen LogP contribution in [-0.4, -0.2) is 10.9 Å². The van der Waals surface area contributed by atoms with Gasteiger partial charge >= 0.3 is 0 Å². The lowest BCUT2D eigenvalue weighted by molar-refractivity contribution is -0.123. The van der Waals surface area contributed by atoms with Crippen LogP contribution in [0.5, 0.6) is 0 Å². The summed E-state index contributed by atoms with van der Waals surface area (Å²) in [6.45, 7) is 7.63. The molecule has 0 bridgehead atoms. The number of hydrogen-bond acceptors (Lipinski definition) is 3. The maximum Gasteiger partial charge on any atom is 0.229 e. The molecule has 1 amide bonds. The van der Waals surface area contributed by atoms with Crippen LogP contribution in [0.15, 0.2) is 46.9 Å². The quantitative estimate of drug-likeness (QED) is 0.740. The summed E-state index contributed by atoms with van der Waals surface area (Å²) in [6.07, 6.45) is 0. The molecule has 0 aliphatic heterocycles. The highest BCUT2D eigenvalue weighted by Gasteiger charge is 2.22. The minimum absolute atomic E-state index is 0.0182. The Morgan fingerprint density at radius 1 is 1.09 bits per heavy atom. The van der Waals surface area contributed by atoms with Crippen LogP contribution in [0, 0.1) is 12.3 Å². The second kappa shape index (κ2) is 5.54. The molecule has 0 saturated carbocycles. The Balaban J connectivity index is 2.01. The zero-order valence-electron chi connectivity index (χ0n) is 13.8. The number of anilines is 1. The molecule has 0 radical (unpaired) electrons. The summed E-state index contributed by atoms with van der Waals surface area (Å²) < 4.78 is 5.84. The van der Waals surface area contributed by atoms with Crippen molar-refractivity contribution < 1.29 is 9.21 Å². The number of nitrogens with zero attached hydrogens (tertiary/aromatic N) is 1. The van der Waals surface area contributed by atoms with Gasteiger partial charge in [0.25, 0.3) is 0 Å². The third-order valence-corrected chi connectivity index (χ3v) is 3.79. The van der Waals surface area contributed by atoms with Crippen LogP contribution in [0.2, 0.25) is 0 Å². The molecule has 0 saturated heterocycles. The topological polar surface area (TPSA) is 55.1 Å². The first-order valence-corrected chi connectivity index (χ1v) is 7.63.